The van der Waals surface area contributed by atoms with Crippen LogP contribution >= 0.6 is 11.6 Å². The fourth-order valence-corrected chi connectivity index (χ4v) is 2.15. The first-order valence-corrected chi connectivity index (χ1v) is 7.06. The van der Waals surface area contributed by atoms with Crippen molar-refractivity contribution in [2.45, 2.75) is 13.1 Å². The maximum atomic E-state index is 13.2. The largest absolute Gasteiger partial charge is 0.417 e. The van der Waals surface area contributed by atoms with E-state index in [-0.39, 0.29) is 5.56 Å². The van der Waals surface area contributed by atoms with Gasteiger partial charge in [0.25, 0.3) is 0 Å². The lowest BCUT2D eigenvalue weighted by molar-refractivity contribution is -0.112. The number of amides is 1. The molecule has 0 atom stereocenters. The molecule has 0 heterocycles. The van der Waals surface area contributed by atoms with Gasteiger partial charge in [0.15, 0.2) is 0 Å². The average Bonchev–Trinajstić information content (AvgIpc) is 2.48. The van der Waals surface area contributed by atoms with E-state index in [0.717, 1.165) is 0 Å². The molecule has 0 aliphatic heterocycles. The van der Waals surface area contributed by atoms with Gasteiger partial charge >= 0.3 is 6.18 Å². The molecule has 23 heavy (non-hydrogen) atoms. The fourth-order valence-electron chi connectivity index (χ4n) is 1.98. The summed E-state index contributed by atoms with van der Waals surface area (Å²) in [5.41, 5.74) is -0.00833. The van der Waals surface area contributed by atoms with Crippen molar-refractivity contribution >= 4 is 28.8 Å². The van der Waals surface area contributed by atoms with E-state index in [1.165, 1.54) is 30.3 Å². The highest BCUT2D eigenvalue weighted by Crippen LogP contribution is 2.33. The Labute approximate surface area is 136 Å². The normalized spacial score (nSPS) is 12.1. The Morgan fingerprint density at radius 3 is 2.39 bits per heavy atom. The van der Waals surface area contributed by atoms with Gasteiger partial charge in [-0.05, 0) is 30.2 Å². The number of halogens is 4. The van der Waals surface area contributed by atoms with E-state index in [9.17, 15) is 18.0 Å². The number of carbonyl (C=O) groups is 1. The first-order chi connectivity index (χ1) is 10.8. The Morgan fingerprint density at radius 2 is 1.78 bits per heavy atom. The third kappa shape index (κ3) is 4.60. The monoisotopic (exact) mass is 339 g/mol. The van der Waals surface area contributed by atoms with Gasteiger partial charge < -0.3 is 5.32 Å². The molecule has 0 saturated heterocycles. The van der Waals surface area contributed by atoms with Crippen LogP contribution in [0.25, 0.3) is 5.57 Å². The summed E-state index contributed by atoms with van der Waals surface area (Å²) in [6.07, 6.45) is -4.09. The van der Waals surface area contributed by atoms with Crippen molar-refractivity contribution in [1.82, 2.24) is 0 Å². The number of carbonyl (C=O) groups excluding carboxylic acids is 1. The number of aryl methyl sites for hydroxylation is 1. The minimum absolute atomic E-state index is 0.0713. The summed E-state index contributed by atoms with van der Waals surface area (Å²) >= 11 is 5.83. The zero-order chi connectivity index (χ0) is 17.0. The van der Waals surface area contributed by atoms with Crippen molar-refractivity contribution < 1.29 is 18.0 Å². The zero-order valence-electron chi connectivity index (χ0n) is 12.1. The molecule has 2 rings (SSSR count). The van der Waals surface area contributed by atoms with E-state index >= 15 is 0 Å². The SMILES string of the molecule is Cc1ccc(Cl)cc1NC(=O)/C=C(/c1ccccc1)C(F)(F)F. The second kappa shape index (κ2) is 6.87. The molecule has 0 radical (unpaired) electrons. The Balaban J connectivity index is 2.32. The third-order valence-corrected chi connectivity index (χ3v) is 3.36. The van der Waals surface area contributed by atoms with E-state index < -0.39 is 17.7 Å². The predicted molar refractivity (Wildman–Crippen MR) is 85.3 cm³/mol. The van der Waals surface area contributed by atoms with Crippen molar-refractivity contribution in [2.75, 3.05) is 5.32 Å². The molecule has 6 heteroatoms. The van der Waals surface area contributed by atoms with E-state index in [2.05, 4.69) is 5.32 Å². The van der Waals surface area contributed by atoms with Crippen LogP contribution in [-0.2, 0) is 4.79 Å². The molecule has 0 aliphatic rings. The van der Waals surface area contributed by atoms with Gasteiger partial charge in [0.05, 0.1) is 5.57 Å². The van der Waals surface area contributed by atoms with Crippen molar-refractivity contribution in [2.24, 2.45) is 0 Å². The van der Waals surface area contributed by atoms with Crippen LogP contribution in [0.1, 0.15) is 11.1 Å². The molecule has 0 bridgehead atoms. The lowest BCUT2D eigenvalue weighted by Crippen LogP contribution is -2.16. The Hall–Kier alpha value is -2.27. The molecule has 2 aromatic rings. The molecule has 0 aliphatic carbocycles. The molecule has 0 fully saturated rings. The van der Waals surface area contributed by atoms with Gasteiger partial charge in [-0.25, -0.2) is 0 Å². The molecule has 2 aromatic carbocycles. The maximum absolute atomic E-state index is 13.2. The Kier molecular flexibility index (Phi) is 5.11. The average molecular weight is 340 g/mol. The van der Waals surface area contributed by atoms with Gasteiger partial charge in [-0.15, -0.1) is 0 Å². The van der Waals surface area contributed by atoms with Crippen LogP contribution < -0.4 is 5.32 Å². The molecule has 0 aromatic heterocycles. The van der Waals surface area contributed by atoms with E-state index in [0.29, 0.717) is 22.3 Å². The van der Waals surface area contributed by atoms with Crippen LogP contribution in [0.2, 0.25) is 5.02 Å². The van der Waals surface area contributed by atoms with Crippen LogP contribution in [0, 0.1) is 6.92 Å². The highest BCUT2D eigenvalue weighted by Gasteiger charge is 2.35. The minimum Gasteiger partial charge on any atom is -0.322 e. The highest BCUT2D eigenvalue weighted by atomic mass is 35.5. The van der Waals surface area contributed by atoms with Gasteiger partial charge in [0.1, 0.15) is 0 Å². The van der Waals surface area contributed by atoms with Gasteiger partial charge in [-0.2, -0.15) is 13.2 Å². The number of hydrogen-bond acceptors (Lipinski definition) is 1. The lowest BCUT2D eigenvalue weighted by Gasteiger charge is -2.13. The minimum atomic E-state index is -4.64. The maximum Gasteiger partial charge on any atom is 0.417 e. The second-order valence-corrected chi connectivity index (χ2v) is 5.31. The molecule has 1 amide bonds. The van der Waals surface area contributed by atoms with E-state index in [4.69, 9.17) is 11.6 Å². The molecule has 120 valence electrons. The lowest BCUT2D eigenvalue weighted by atomic mass is 10.0. The molecular weight excluding hydrogens is 327 g/mol. The van der Waals surface area contributed by atoms with Crippen molar-refractivity contribution in [1.29, 1.82) is 0 Å². The zero-order valence-corrected chi connectivity index (χ0v) is 12.9. The van der Waals surface area contributed by atoms with Gasteiger partial charge in [0, 0.05) is 16.8 Å². The summed E-state index contributed by atoms with van der Waals surface area (Å²) in [7, 11) is 0. The standard InChI is InChI=1S/C17H13ClF3NO/c1-11-7-8-13(18)9-15(11)22-16(23)10-14(17(19,20)21)12-5-3-2-4-6-12/h2-10H,1H3,(H,22,23)/b14-10-. The Bertz CT molecular complexity index is 739. The second-order valence-electron chi connectivity index (χ2n) is 4.87. The molecule has 2 nitrogen and oxygen atoms in total. The first kappa shape index (κ1) is 17.1. The number of allylic oxidation sites excluding steroid dienone is 1. The fraction of sp³-hybridized carbons (Fsp3) is 0.118. The van der Waals surface area contributed by atoms with E-state index in [1.807, 2.05) is 0 Å². The number of rotatable bonds is 3. The number of hydrogen-bond donors (Lipinski definition) is 1. The number of anilines is 1. The Morgan fingerprint density at radius 1 is 1.13 bits per heavy atom. The molecule has 1 N–H and O–H groups in total. The summed E-state index contributed by atoms with van der Waals surface area (Å²) in [6.45, 7) is 1.72. The van der Waals surface area contributed by atoms with Gasteiger partial charge in [-0.1, -0.05) is 48.0 Å². The van der Waals surface area contributed by atoms with Gasteiger partial charge in [0.2, 0.25) is 5.91 Å². The molecule has 0 saturated carbocycles. The summed E-state index contributed by atoms with van der Waals surface area (Å²) in [6, 6.07) is 12.0. The summed E-state index contributed by atoms with van der Waals surface area (Å²) < 4.78 is 39.5. The van der Waals surface area contributed by atoms with Crippen LogP contribution in [0.5, 0.6) is 0 Å². The van der Waals surface area contributed by atoms with Crippen LogP contribution in [0.4, 0.5) is 18.9 Å². The van der Waals surface area contributed by atoms with Gasteiger partial charge in [-0.3, -0.25) is 4.79 Å². The van der Waals surface area contributed by atoms with Crippen molar-refractivity contribution in [3.05, 3.63) is 70.8 Å². The van der Waals surface area contributed by atoms with E-state index in [1.54, 1.807) is 25.1 Å². The summed E-state index contributed by atoms with van der Waals surface area (Å²) in [4.78, 5) is 12.0. The van der Waals surface area contributed by atoms with Crippen LogP contribution in [0.15, 0.2) is 54.6 Å². The third-order valence-electron chi connectivity index (χ3n) is 3.12. The van der Waals surface area contributed by atoms with Crippen molar-refractivity contribution in [3.8, 4) is 0 Å². The quantitative estimate of drug-likeness (QED) is 0.762. The summed E-state index contributed by atoms with van der Waals surface area (Å²) in [5.74, 6) is -0.869. The molecular formula is C17H13ClF3NO. The highest BCUT2D eigenvalue weighted by molar-refractivity contribution is 6.31. The predicted octanol–water partition coefficient (Wildman–Crippen LogP) is 5.23. The van der Waals surface area contributed by atoms with Crippen LogP contribution in [-0.4, -0.2) is 12.1 Å². The number of nitrogens with one attached hydrogen (secondary N) is 1. The number of alkyl halides is 3. The topological polar surface area (TPSA) is 29.1 Å². The first-order valence-electron chi connectivity index (χ1n) is 6.69. The summed E-state index contributed by atoms with van der Waals surface area (Å²) in [5, 5.41) is 2.81. The molecule has 0 spiro atoms. The molecule has 0 unspecified atom stereocenters. The van der Waals surface area contributed by atoms with Crippen LogP contribution in [0.3, 0.4) is 0 Å². The van der Waals surface area contributed by atoms with Crippen molar-refractivity contribution in [3.63, 3.8) is 0 Å². The smallest absolute Gasteiger partial charge is 0.322 e. The number of benzene rings is 2.